The molecule has 4 aliphatic rings. The van der Waals surface area contributed by atoms with Gasteiger partial charge in [0.15, 0.2) is 11.6 Å². The standard InChI is InChI=1S/C28H38N2O9/c1-27-11-9-18(31)14-17(27)5-6-19-20-7-8-21(28(20,2)15-22(32)26(19)27)23(33)16-38-25(35)10-12-29-24(34)4-3-13-39-30(36)37/h9,11,14,19-22,26,32H,3-8,10,12-13,15-16H2,1-2H3,(H,29,34). The van der Waals surface area contributed by atoms with Crippen molar-refractivity contribution in [1.29, 1.82) is 0 Å². The van der Waals surface area contributed by atoms with Gasteiger partial charge < -0.3 is 20.0 Å². The molecule has 214 valence electrons. The minimum Gasteiger partial charge on any atom is -0.458 e. The van der Waals surface area contributed by atoms with Crippen LogP contribution in [0.2, 0.25) is 0 Å². The molecule has 0 saturated heterocycles. The number of nitrogens with one attached hydrogen (secondary N) is 1. The third kappa shape index (κ3) is 5.92. The topological polar surface area (TPSA) is 162 Å². The number of hydrogen-bond acceptors (Lipinski definition) is 9. The van der Waals surface area contributed by atoms with Gasteiger partial charge >= 0.3 is 5.97 Å². The summed E-state index contributed by atoms with van der Waals surface area (Å²) in [5, 5.41) is 23.1. The highest BCUT2D eigenvalue weighted by Gasteiger charge is 2.62. The van der Waals surface area contributed by atoms with Crippen molar-refractivity contribution in [2.45, 2.75) is 71.3 Å². The van der Waals surface area contributed by atoms with Crippen LogP contribution in [0.1, 0.15) is 65.2 Å². The molecule has 3 fully saturated rings. The number of fused-ring (bicyclic) bond motifs is 5. The van der Waals surface area contributed by atoms with Crippen LogP contribution in [0.4, 0.5) is 0 Å². The number of allylic oxidation sites excluding steroid dienone is 4. The van der Waals surface area contributed by atoms with E-state index in [2.05, 4.69) is 24.0 Å². The van der Waals surface area contributed by atoms with Crippen molar-refractivity contribution < 1.29 is 38.9 Å². The average molecular weight is 547 g/mol. The van der Waals surface area contributed by atoms with Gasteiger partial charge in [0.1, 0.15) is 6.61 Å². The summed E-state index contributed by atoms with van der Waals surface area (Å²) in [6.07, 6.45) is 8.58. The summed E-state index contributed by atoms with van der Waals surface area (Å²) in [5.74, 6) is -0.886. The first-order valence-corrected chi connectivity index (χ1v) is 13.8. The SMILES string of the molecule is CC12C=CC(=O)C=C1CCC1C2C(O)CC2(C)C(C(=O)COC(=O)CCNC(=O)CCCO[N+](=O)[O-])CCC12. The fourth-order valence-corrected chi connectivity index (χ4v) is 7.94. The Morgan fingerprint density at radius 1 is 1.21 bits per heavy atom. The number of esters is 1. The lowest BCUT2D eigenvalue weighted by atomic mass is 9.46. The molecule has 0 aromatic heterocycles. The largest absolute Gasteiger partial charge is 0.458 e. The number of nitrogens with zero attached hydrogens (tertiary/aromatic N) is 1. The Kier molecular flexibility index (Phi) is 8.58. The van der Waals surface area contributed by atoms with Crippen molar-refractivity contribution in [3.63, 3.8) is 0 Å². The molecule has 0 aromatic rings. The molecule has 11 nitrogen and oxygen atoms in total. The van der Waals surface area contributed by atoms with Gasteiger partial charge in [-0.15, -0.1) is 10.1 Å². The number of Topliss-reactive ketones (excluding diaryl/α,β-unsaturated/α-hetero) is 1. The van der Waals surface area contributed by atoms with E-state index >= 15 is 0 Å². The molecule has 0 aliphatic heterocycles. The summed E-state index contributed by atoms with van der Waals surface area (Å²) in [6, 6.07) is 0. The minimum absolute atomic E-state index is 0.000170. The molecule has 39 heavy (non-hydrogen) atoms. The van der Waals surface area contributed by atoms with E-state index in [9.17, 15) is 34.4 Å². The molecular formula is C28H38N2O9. The first kappa shape index (κ1) is 28.9. The van der Waals surface area contributed by atoms with E-state index < -0.39 is 17.2 Å². The lowest BCUT2D eigenvalue weighted by Gasteiger charge is -2.58. The Balaban J connectivity index is 1.27. The van der Waals surface area contributed by atoms with Crippen LogP contribution in [0, 0.1) is 44.6 Å². The molecular weight excluding hydrogens is 508 g/mol. The summed E-state index contributed by atoms with van der Waals surface area (Å²) in [6.45, 7) is 3.73. The molecule has 1 amide bonds. The van der Waals surface area contributed by atoms with Gasteiger partial charge in [-0.25, -0.2) is 0 Å². The Labute approximate surface area is 227 Å². The van der Waals surface area contributed by atoms with Gasteiger partial charge in [0.2, 0.25) is 5.91 Å². The highest BCUT2D eigenvalue weighted by Crippen LogP contribution is 2.66. The van der Waals surface area contributed by atoms with Crippen LogP contribution in [-0.2, 0) is 28.8 Å². The molecule has 7 unspecified atom stereocenters. The molecule has 4 rings (SSSR count). The van der Waals surface area contributed by atoms with Crippen molar-refractivity contribution >= 4 is 23.4 Å². The fraction of sp³-hybridized carbons (Fsp3) is 0.714. The first-order chi connectivity index (χ1) is 18.5. The lowest BCUT2D eigenvalue weighted by Crippen LogP contribution is -2.56. The second-order valence-electron chi connectivity index (χ2n) is 11.8. The smallest absolute Gasteiger partial charge is 0.308 e. The number of ether oxygens (including phenoxy) is 1. The molecule has 0 spiro atoms. The molecule has 2 N–H and O–H groups in total. The summed E-state index contributed by atoms with van der Waals surface area (Å²) >= 11 is 0. The second-order valence-corrected chi connectivity index (χ2v) is 11.8. The number of carbonyl (C=O) groups is 4. The average Bonchev–Trinajstić information content (AvgIpc) is 3.21. The van der Waals surface area contributed by atoms with E-state index in [1.807, 2.05) is 6.08 Å². The number of ketones is 2. The minimum atomic E-state index is -0.921. The molecule has 11 heteroatoms. The lowest BCUT2D eigenvalue weighted by molar-refractivity contribution is -0.757. The third-order valence-corrected chi connectivity index (χ3v) is 9.65. The van der Waals surface area contributed by atoms with Gasteiger partial charge in [-0.3, -0.25) is 19.2 Å². The third-order valence-electron chi connectivity index (χ3n) is 9.65. The van der Waals surface area contributed by atoms with E-state index in [1.54, 1.807) is 12.2 Å². The van der Waals surface area contributed by atoms with Gasteiger partial charge in [0.25, 0.3) is 5.09 Å². The van der Waals surface area contributed by atoms with Crippen LogP contribution in [0.25, 0.3) is 0 Å². The monoisotopic (exact) mass is 546 g/mol. The van der Waals surface area contributed by atoms with Gasteiger partial charge in [-0.05, 0) is 67.9 Å². The molecule has 0 heterocycles. The van der Waals surface area contributed by atoms with Crippen molar-refractivity contribution in [3.8, 4) is 0 Å². The predicted octanol–water partition coefficient (Wildman–Crippen LogP) is 2.49. The number of aliphatic hydroxyl groups is 1. The van der Waals surface area contributed by atoms with Crippen molar-refractivity contribution in [3.05, 3.63) is 33.9 Å². The van der Waals surface area contributed by atoms with Crippen LogP contribution >= 0.6 is 0 Å². The normalized spacial score (nSPS) is 34.7. The van der Waals surface area contributed by atoms with Crippen LogP contribution in [0.3, 0.4) is 0 Å². The number of aliphatic hydroxyl groups excluding tert-OH is 1. The Bertz CT molecular complexity index is 1080. The zero-order valence-electron chi connectivity index (χ0n) is 22.6. The molecule has 0 aromatic carbocycles. The molecule has 7 atom stereocenters. The zero-order chi connectivity index (χ0) is 28.4. The summed E-state index contributed by atoms with van der Waals surface area (Å²) < 4.78 is 5.23. The summed E-state index contributed by atoms with van der Waals surface area (Å²) in [7, 11) is 0. The number of carbonyl (C=O) groups excluding carboxylic acids is 4. The maximum Gasteiger partial charge on any atom is 0.308 e. The zero-order valence-corrected chi connectivity index (χ0v) is 22.6. The molecule has 3 saturated carbocycles. The van der Waals surface area contributed by atoms with Crippen LogP contribution in [0.15, 0.2) is 23.8 Å². The Morgan fingerprint density at radius 2 is 1.97 bits per heavy atom. The first-order valence-electron chi connectivity index (χ1n) is 13.8. The maximum absolute atomic E-state index is 13.2. The van der Waals surface area contributed by atoms with Crippen LogP contribution in [-0.4, -0.2) is 59.5 Å². The van der Waals surface area contributed by atoms with E-state index in [-0.39, 0.29) is 91.0 Å². The van der Waals surface area contributed by atoms with Crippen LogP contribution < -0.4 is 5.32 Å². The summed E-state index contributed by atoms with van der Waals surface area (Å²) in [4.78, 5) is 63.4. The fourth-order valence-electron chi connectivity index (χ4n) is 7.94. The van der Waals surface area contributed by atoms with E-state index in [4.69, 9.17) is 4.74 Å². The van der Waals surface area contributed by atoms with Gasteiger partial charge in [-0.1, -0.05) is 25.5 Å². The Morgan fingerprint density at radius 3 is 2.72 bits per heavy atom. The number of hydrogen-bond donors (Lipinski definition) is 2. The Hall–Kier alpha value is -3.08. The van der Waals surface area contributed by atoms with Crippen molar-refractivity contribution in [2.75, 3.05) is 19.8 Å². The molecule has 0 bridgehead atoms. The van der Waals surface area contributed by atoms with Gasteiger partial charge in [-0.2, -0.15) is 0 Å². The van der Waals surface area contributed by atoms with Crippen molar-refractivity contribution in [1.82, 2.24) is 5.32 Å². The molecule has 0 radical (unpaired) electrons. The van der Waals surface area contributed by atoms with Crippen LogP contribution in [0.5, 0.6) is 0 Å². The van der Waals surface area contributed by atoms with Gasteiger partial charge in [0.05, 0.1) is 19.1 Å². The highest BCUT2D eigenvalue weighted by molar-refractivity contribution is 6.01. The number of amides is 1. The summed E-state index contributed by atoms with van der Waals surface area (Å²) in [5.41, 5.74) is 0.354. The second kappa shape index (κ2) is 11.6. The van der Waals surface area contributed by atoms with E-state index in [0.717, 1.165) is 24.8 Å². The predicted molar refractivity (Wildman–Crippen MR) is 137 cm³/mol. The van der Waals surface area contributed by atoms with E-state index in [0.29, 0.717) is 12.8 Å². The molecule has 4 aliphatic carbocycles. The van der Waals surface area contributed by atoms with E-state index in [1.165, 1.54) is 0 Å². The maximum atomic E-state index is 13.2. The number of rotatable bonds is 11. The van der Waals surface area contributed by atoms with Gasteiger partial charge in [0, 0.05) is 30.2 Å². The highest BCUT2D eigenvalue weighted by atomic mass is 16.9. The quantitative estimate of drug-likeness (QED) is 0.172. The van der Waals surface area contributed by atoms with Crippen molar-refractivity contribution in [2.24, 2.45) is 34.5 Å².